The average Bonchev–Trinajstić information content (AvgIpc) is 1.80. The van der Waals surface area contributed by atoms with Gasteiger partial charge in [-0.2, -0.15) is 0 Å². The molecule has 0 spiro atoms. The molecule has 0 bridgehead atoms. The Bertz CT molecular complexity index is 122. The zero-order valence-corrected chi connectivity index (χ0v) is 9.96. The Labute approximate surface area is 73.9 Å². The zero-order valence-electron chi connectivity index (χ0n) is 7.37. The van der Waals surface area contributed by atoms with Gasteiger partial charge in [0.15, 0.2) is 0 Å². The van der Waals surface area contributed by atoms with Gasteiger partial charge in [-0.05, 0) is 10.5 Å². The van der Waals surface area contributed by atoms with Crippen LogP contribution in [-0.4, -0.2) is 8.07 Å². The molecule has 0 aliphatic rings. The molecule has 0 unspecified atom stereocenters. The quantitative estimate of drug-likeness (QED) is 0.633. The highest BCUT2D eigenvalue weighted by atomic mass is 79.9. The number of hydrogen-bond donors (Lipinski definition) is 0. The molecule has 0 rings (SSSR count). The second-order valence-corrected chi connectivity index (χ2v) is 10.2. The van der Waals surface area contributed by atoms with Crippen molar-refractivity contribution in [3.05, 3.63) is 10.2 Å². The fourth-order valence-electron chi connectivity index (χ4n) is 0.577. The topological polar surface area (TPSA) is 0 Å². The van der Waals surface area contributed by atoms with Crippen LogP contribution in [0.25, 0.3) is 0 Å². The third kappa shape index (κ3) is 4.28. The number of rotatable bonds is 3. The van der Waals surface area contributed by atoms with Crippen LogP contribution in [0.1, 0.15) is 19.8 Å². The minimum atomic E-state index is -1.02. The van der Waals surface area contributed by atoms with Gasteiger partial charge in [0.1, 0.15) is 0 Å². The highest BCUT2D eigenvalue weighted by molar-refractivity contribution is 9.12. The second kappa shape index (κ2) is 4.34. The Kier molecular flexibility index (Phi) is 4.53. The summed E-state index contributed by atoms with van der Waals surface area (Å²) in [5.41, 5.74) is 0. The van der Waals surface area contributed by atoms with E-state index >= 15 is 0 Å². The van der Waals surface area contributed by atoms with Gasteiger partial charge in [0.25, 0.3) is 0 Å². The van der Waals surface area contributed by atoms with Crippen molar-refractivity contribution < 1.29 is 0 Å². The molecule has 0 radical (unpaired) electrons. The summed E-state index contributed by atoms with van der Waals surface area (Å²) >= 11 is 3.62. The number of unbranched alkanes of at least 4 members (excludes halogenated alkanes) is 1. The minimum absolute atomic E-state index is 1.02. The lowest BCUT2D eigenvalue weighted by molar-refractivity contribution is 0.959. The molecule has 0 saturated carbocycles. The van der Waals surface area contributed by atoms with Crippen LogP contribution in [0.15, 0.2) is 10.2 Å². The summed E-state index contributed by atoms with van der Waals surface area (Å²) in [4.78, 5) is 0. The Morgan fingerprint density at radius 1 is 1.40 bits per heavy atom. The monoisotopic (exact) mass is 220 g/mol. The molecule has 0 N–H and O–H groups in total. The third-order valence-corrected chi connectivity index (χ3v) is 6.86. The van der Waals surface area contributed by atoms with Crippen molar-refractivity contribution in [2.75, 3.05) is 0 Å². The molecule has 0 aromatic carbocycles. The standard InChI is InChI=1S/C8H17BrSi/c1-5-6-7-8(9)10(2,3)4/h7H,5-6H2,1-4H3. The van der Waals surface area contributed by atoms with Crippen LogP contribution in [0.5, 0.6) is 0 Å². The minimum Gasteiger partial charge on any atom is -0.0785 e. The molecule has 0 atom stereocenters. The molecule has 60 valence electrons. The van der Waals surface area contributed by atoms with Crippen molar-refractivity contribution >= 4 is 24.0 Å². The molecular formula is C8H17BrSi. The van der Waals surface area contributed by atoms with E-state index in [0.29, 0.717) is 0 Å². The van der Waals surface area contributed by atoms with Crippen molar-refractivity contribution in [2.45, 2.75) is 39.4 Å². The second-order valence-electron chi connectivity index (χ2n) is 3.59. The summed E-state index contributed by atoms with van der Waals surface area (Å²) in [7, 11) is -1.02. The Balaban J connectivity index is 3.93. The number of hydrogen-bond acceptors (Lipinski definition) is 0. The van der Waals surface area contributed by atoms with Crippen LogP contribution in [0.4, 0.5) is 0 Å². The summed E-state index contributed by atoms with van der Waals surface area (Å²) in [6.07, 6.45) is 4.79. The maximum atomic E-state index is 3.62. The molecule has 0 heterocycles. The average molecular weight is 221 g/mol. The molecule has 0 aromatic heterocycles. The molecule has 0 aliphatic heterocycles. The van der Waals surface area contributed by atoms with Gasteiger partial charge in [-0.3, -0.25) is 0 Å². The first-order valence-electron chi connectivity index (χ1n) is 3.84. The molecule has 0 fully saturated rings. The van der Waals surface area contributed by atoms with Crippen LogP contribution in [0.3, 0.4) is 0 Å². The van der Waals surface area contributed by atoms with Crippen molar-refractivity contribution in [3.63, 3.8) is 0 Å². The highest BCUT2D eigenvalue weighted by Gasteiger charge is 2.15. The summed E-state index contributed by atoms with van der Waals surface area (Å²) in [5, 5.41) is 0. The van der Waals surface area contributed by atoms with E-state index in [1.807, 2.05) is 0 Å². The molecule has 0 saturated heterocycles. The van der Waals surface area contributed by atoms with E-state index in [9.17, 15) is 0 Å². The van der Waals surface area contributed by atoms with E-state index in [-0.39, 0.29) is 0 Å². The first-order chi connectivity index (χ1) is 4.48. The van der Waals surface area contributed by atoms with E-state index in [2.05, 4.69) is 48.6 Å². The summed E-state index contributed by atoms with van der Waals surface area (Å²) in [5.74, 6) is 0. The van der Waals surface area contributed by atoms with Gasteiger partial charge in [0, 0.05) is 0 Å². The third-order valence-electron chi connectivity index (χ3n) is 1.33. The van der Waals surface area contributed by atoms with Gasteiger partial charge < -0.3 is 0 Å². The van der Waals surface area contributed by atoms with Gasteiger partial charge in [-0.1, -0.05) is 55.0 Å². The van der Waals surface area contributed by atoms with Gasteiger partial charge in [0.05, 0.1) is 8.07 Å². The molecule has 0 aliphatic carbocycles. The maximum absolute atomic E-state index is 3.62. The lowest BCUT2D eigenvalue weighted by Crippen LogP contribution is -2.20. The maximum Gasteiger partial charge on any atom is 0.0861 e. The molecule has 0 nitrogen and oxygen atoms in total. The predicted molar refractivity (Wildman–Crippen MR) is 55.3 cm³/mol. The molecule has 0 aromatic rings. The van der Waals surface area contributed by atoms with Crippen molar-refractivity contribution in [1.29, 1.82) is 0 Å². The Hall–Kier alpha value is 0.437. The molecule has 0 amide bonds. The molecule has 10 heavy (non-hydrogen) atoms. The van der Waals surface area contributed by atoms with Crippen LogP contribution in [0, 0.1) is 0 Å². The van der Waals surface area contributed by atoms with Crippen molar-refractivity contribution in [2.24, 2.45) is 0 Å². The van der Waals surface area contributed by atoms with E-state index in [0.717, 1.165) is 0 Å². The van der Waals surface area contributed by atoms with Crippen LogP contribution < -0.4 is 0 Å². The largest absolute Gasteiger partial charge is 0.0861 e. The van der Waals surface area contributed by atoms with Crippen LogP contribution in [-0.2, 0) is 0 Å². The highest BCUT2D eigenvalue weighted by Crippen LogP contribution is 2.21. The predicted octanol–water partition coefficient (Wildman–Crippen LogP) is 3.94. The SMILES string of the molecule is CCCC=C(Br)[Si](C)(C)C. The van der Waals surface area contributed by atoms with E-state index in [1.54, 1.807) is 0 Å². The van der Waals surface area contributed by atoms with Gasteiger partial charge in [0.2, 0.25) is 0 Å². The molecule has 2 heteroatoms. The lowest BCUT2D eigenvalue weighted by atomic mass is 10.3. The normalized spacial score (nSPS) is 13.9. The molecular weight excluding hydrogens is 204 g/mol. The smallest absolute Gasteiger partial charge is 0.0785 e. The van der Waals surface area contributed by atoms with E-state index in [1.165, 1.54) is 16.9 Å². The fraction of sp³-hybridized carbons (Fsp3) is 0.750. The van der Waals surface area contributed by atoms with Crippen molar-refractivity contribution in [3.8, 4) is 0 Å². The summed E-state index contributed by atoms with van der Waals surface area (Å²) in [6, 6.07) is 0. The number of allylic oxidation sites excluding steroid dienone is 1. The lowest BCUT2D eigenvalue weighted by Gasteiger charge is -2.14. The summed E-state index contributed by atoms with van der Waals surface area (Å²) < 4.78 is 1.46. The Morgan fingerprint density at radius 3 is 2.20 bits per heavy atom. The fourth-order valence-corrected chi connectivity index (χ4v) is 1.56. The van der Waals surface area contributed by atoms with Crippen LogP contribution in [0.2, 0.25) is 19.6 Å². The zero-order chi connectivity index (χ0) is 8.20. The Morgan fingerprint density at radius 2 is 1.90 bits per heavy atom. The van der Waals surface area contributed by atoms with E-state index in [4.69, 9.17) is 0 Å². The van der Waals surface area contributed by atoms with Gasteiger partial charge in [-0.15, -0.1) is 0 Å². The first-order valence-corrected chi connectivity index (χ1v) is 8.14. The first kappa shape index (κ1) is 10.4. The van der Waals surface area contributed by atoms with Crippen LogP contribution >= 0.6 is 15.9 Å². The van der Waals surface area contributed by atoms with E-state index < -0.39 is 8.07 Å². The van der Waals surface area contributed by atoms with Crippen molar-refractivity contribution in [1.82, 2.24) is 0 Å². The number of halogens is 1. The van der Waals surface area contributed by atoms with Gasteiger partial charge in [-0.25, -0.2) is 0 Å². The van der Waals surface area contributed by atoms with Gasteiger partial charge >= 0.3 is 0 Å². The summed E-state index contributed by atoms with van der Waals surface area (Å²) in [6.45, 7) is 9.26.